The van der Waals surface area contributed by atoms with E-state index < -0.39 is 17.3 Å². The molecule has 0 spiro atoms. The summed E-state index contributed by atoms with van der Waals surface area (Å²) in [6.45, 7) is 1.63. The number of alkyl halides is 3. The topological polar surface area (TPSA) is 9.23 Å². The number of halogens is 3. The van der Waals surface area contributed by atoms with E-state index in [0.717, 1.165) is 14.7 Å². The zero-order valence-electron chi connectivity index (χ0n) is 13.5. The van der Waals surface area contributed by atoms with Gasteiger partial charge in [0, 0.05) is 6.07 Å². The summed E-state index contributed by atoms with van der Waals surface area (Å²) in [4.78, 5) is 3.17. The Morgan fingerprint density at radius 1 is 0.720 bits per heavy atom. The van der Waals surface area contributed by atoms with Gasteiger partial charge in [-0.1, -0.05) is 36.4 Å². The maximum Gasteiger partial charge on any atom is 0.573 e. The first-order valence-electron chi connectivity index (χ1n) is 7.65. The molecule has 1 nitrogen and oxygen atoms in total. The number of benzene rings is 3. The van der Waals surface area contributed by atoms with Crippen LogP contribution in [0.25, 0.3) is 0 Å². The quantitative estimate of drug-likeness (QED) is 0.519. The molecule has 0 fully saturated rings. The first kappa shape index (κ1) is 17.4. The second-order valence-corrected chi connectivity index (χ2v) is 7.43. The van der Waals surface area contributed by atoms with Crippen LogP contribution in [-0.4, -0.2) is 6.36 Å². The van der Waals surface area contributed by atoms with Gasteiger partial charge in [-0.15, -0.1) is 13.2 Å². The predicted octanol–water partition coefficient (Wildman–Crippen LogP) is 5.99. The molecular weight excluding hydrogens is 345 g/mol. The molecule has 0 saturated heterocycles. The van der Waals surface area contributed by atoms with Crippen LogP contribution in [0.5, 0.6) is 5.75 Å². The lowest BCUT2D eigenvalue weighted by atomic mass is 10.2. The van der Waals surface area contributed by atoms with E-state index in [9.17, 15) is 13.2 Å². The molecule has 3 rings (SSSR count). The summed E-state index contributed by atoms with van der Waals surface area (Å²) in [5.41, 5.74) is 0.458. The van der Waals surface area contributed by atoms with Crippen LogP contribution in [0.3, 0.4) is 0 Å². The van der Waals surface area contributed by atoms with Gasteiger partial charge in [0.15, 0.2) is 14.7 Å². The van der Waals surface area contributed by atoms with Crippen molar-refractivity contribution in [3.63, 3.8) is 0 Å². The summed E-state index contributed by atoms with van der Waals surface area (Å²) in [6, 6.07) is 24.7. The van der Waals surface area contributed by atoms with Gasteiger partial charge in [0.1, 0.15) is 5.75 Å². The van der Waals surface area contributed by atoms with Crippen LogP contribution in [0, 0.1) is 6.92 Å². The normalized spacial score (nSPS) is 11.6. The van der Waals surface area contributed by atoms with E-state index in [4.69, 9.17) is 0 Å². The van der Waals surface area contributed by atoms with Crippen molar-refractivity contribution < 1.29 is 17.9 Å². The summed E-state index contributed by atoms with van der Waals surface area (Å²) in [5, 5.41) is 0. The molecule has 0 radical (unpaired) electrons. The predicted molar refractivity (Wildman–Crippen MR) is 92.9 cm³/mol. The van der Waals surface area contributed by atoms with E-state index in [1.54, 1.807) is 19.1 Å². The second-order valence-electron chi connectivity index (χ2n) is 5.41. The molecule has 0 N–H and O–H groups in total. The molecule has 0 aliphatic carbocycles. The van der Waals surface area contributed by atoms with Crippen molar-refractivity contribution in [2.24, 2.45) is 0 Å². The molecular formula is C20H16F3OS+. The molecule has 0 atom stereocenters. The third kappa shape index (κ3) is 4.37. The van der Waals surface area contributed by atoms with Gasteiger partial charge in [0.2, 0.25) is 0 Å². The Hall–Kier alpha value is -2.40. The summed E-state index contributed by atoms with van der Waals surface area (Å²) in [6.07, 6.45) is -4.69. The molecule has 0 saturated carbocycles. The fourth-order valence-electron chi connectivity index (χ4n) is 2.51. The highest BCUT2D eigenvalue weighted by molar-refractivity contribution is 7.97. The smallest absolute Gasteiger partial charge is 0.406 e. The zero-order valence-corrected chi connectivity index (χ0v) is 14.3. The van der Waals surface area contributed by atoms with Gasteiger partial charge >= 0.3 is 6.36 Å². The molecule has 5 heteroatoms. The van der Waals surface area contributed by atoms with Crippen molar-refractivity contribution in [1.82, 2.24) is 0 Å². The maximum atomic E-state index is 12.5. The summed E-state index contributed by atoms with van der Waals surface area (Å²) in [7, 11) is -0.393. The maximum absolute atomic E-state index is 12.5. The monoisotopic (exact) mass is 361 g/mol. The minimum absolute atomic E-state index is 0.166. The van der Waals surface area contributed by atoms with Crippen LogP contribution >= 0.6 is 0 Å². The minimum atomic E-state index is -4.69. The standard InChI is InChI=1S/C20H16F3OS/c1-15-14-18(12-13-19(15)24-20(21,22)23)25(16-8-4-2-5-9-16)17-10-6-3-7-11-17/h2-14H,1H3/q+1. The Morgan fingerprint density at radius 3 is 1.68 bits per heavy atom. The Labute approximate surface area is 147 Å². The second kappa shape index (κ2) is 7.23. The number of ether oxygens (including phenoxy) is 1. The molecule has 0 aromatic heterocycles. The van der Waals surface area contributed by atoms with Crippen LogP contribution in [-0.2, 0) is 10.9 Å². The van der Waals surface area contributed by atoms with E-state index in [2.05, 4.69) is 4.74 Å². The molecule has 0 heterocycles. The molecule has 3 aromatic rings. The fourth-order valence-corrected chi connectivity index (χ4v) is 4.68. The first-order valence-corrected chi connectivity index (χ1v) is 8.87. The van der Waals surface area contributed by atoms with Gasteiger partial charge in [0.05, 0.1) is 10.9 Å². The van der Waals surface area contributed by atoms with Gasteiger partial charge in [-0.2, -0.15) is 0 Å². The third-order valence-electron chi connectivity index (χ3n) is 3.57. The highest BCUT2D eigenvalue weighted by atomic mass is 32.2. The van der Waals surface area contributed by atoms with Crippen LogP contribution in [0.4, 0.5) is 13.2 Å². The van der Waals surface area contributed by atoms with Crippen molar-refractivity contribution in [2.75, 3.05) is 0 Å². The third-order valence-corrected chi connectivity index (χ3v) is 5.78. The Morgan fingerprint density at radius 2 is 1.24 bits per heavy atom. The van der Waals surface area contributed by atoms with Crippen molar-refractivity contribution in [3.05, 3.63) is 84.4 Å². The average molecular weight is 361 g/mol. The molecule has 0 aliphatic rings. The van der Waals surface area contributed by atoms with Crippen LogP contribution in [0.15, 0.2) is 93.5 Å². The minimum Gasteiger partial charge on any atom is -0.406 e. The Bertz CT molecular complexity index is 793. The number of hydrogen-bond acceptors (Lipinski definition) is 1. The lowest BCUT2D eigenvalue weighted by Crippen LogP contribution is -2.18. The summed E-state index contributed by atoms with van der Waals surface area (Å²) in [5.74, 6) is -0.166. The first-order chi connectivity index (χ1) is 11.9. The molecule has 0 aliphatic heterocycles. The number of rotatable bonds is 4. The van der Waals surface area contributed by atoms with Crippen molar-refractivity contribution >= 4 is 10.9 Å². The Kier molecular flexibility index (Phi) is 5.04. The molecule has 25 heavy (non-hydrogen) atoms. The highest BCUT2D eigenvalue weighted by Crippen LogP contribution is 2.34. The van der Waals surface area contributed by atoms with E-state index >= 15 is 0 Å². The SMILES string of the molecule is Cc1cc([S+](c2ccccc2)c2ccccc2)ccc1OC(F)(F)F. The largest absolute Gasteiger partial charge is 0.573 e. The zero-order chi connectivity index (χ0) is 17.9. The summed E-state index contributed by atoms with van der Waals surface area (Å²) < 4.78 is 41.6. The van der Waals surface area contributed by atoms with Crippen molar-refractivity contribution in [2.45, 2.75) is 28.0 Å². The lowest BCUT2D eigenvalue weighted by molar-refractivity contribution is -0.274. The van der Waals surface area contributed by atoms with E-state index in [-0.39, 0.29) is 5.75 Å². The number of hydrogen-bond donors (Lipinski definition) is 0. The van der Waals surface area contributed by atoms with Gasteiger partial charge in [0.25, 0.3) is 0 Å². The summed E-state index contributed by atoms with van der Waals surface area (Å²) >= 11 is 0. The van der Waals surface area contributed by atoms with Crippen molar-refractivity contribution in [3.8, 4) is 5.75 Å². The van der Waals surface area contributed by atoms with Crippen LogP contribution in [0.1, 0.15) is 5.56 Å². The molecule has 128 valence electrons. The average Bonchev–Trinajstić information content (AvgIpc) is 2.58. The van der Waals surface area contributed by atoms with Crippen LogP contribution in [0.2, 0.25) is 0 Å². The van der Waals surface area contributed by atoms with E-state index in [1.807, 2.05) is 60.7 Å². The molecule has 0 bridgehead atoms. The molecule has 0 amide bonds. The van der Waals surface area contributed by atoms with Crippen LogP contribution < -0.4 is 4.74 Å². The highest BCUT2D eigenvalue weighted by Gasteiger charge is 2.33. The van der Waals surface area contributed by atoms with Crippen molar-refractivity contribution in [1.29, 1.82) is 0 Å². The van der Waals surface area contributed by atoms with Gasteiger partial charge in [-0.3, -0.25) is 0 Å². The fraction of sp³-hybridized carbons (Fsp3) is 0.100. The molecule has 3 aromatic carbocycles. The van der Waals surface area contributed by atoms with Gasteiger partial charge in [-0.25, -0.2) is 0 Å². The van der Waals surface area contributed by atoms with E-state index in [0.29, 0.717) is 5.56 Å². The van der Waals surface area contributed by atoms with Gasteiger partial charge < -0.3 is 4.74 Å². The molecule has 0 unspecified atom stereocenters. The number of aryl methyl sites for hydroxylation is 1. The Balaban J connectivity index is 2.04. The van der Waals surface area contributed by atoms with E-state index in [1.165, 1.54) is 6.07 Å². The van der Waals surface area contributed by atoms with Gasteiger partial charge in [-0.05, 0) is 48.9 Å². The lowest BCUT2D eigenvalue weighted by Gasteiger charge is -2.13.